The van der Waals surface area contributed by atoms with Crippen molar-refractivity contribution in [2.24, 2.45) is 0 Å². The molecule has 2 atom stereocenters. The molecule has 2 fully saturated rings. The molecule has 2 aliphatic rings. The number of piperidine rings is 1. The molecule has 24 heavy (non-hydrogen) atoms. The van der Waals surface area contributed by atoms with Crippen LogP contribution < -0.4 is 14.4 Å². The van der Waals surface area contributed by atoms with E-state index in [1.165, 1.54) is 11.3 Å². The molecule has 0 spiro atoms. The van der Waals surface area contributed by atoms with Gasteiger partial charge in [-0.15, -0.1) is 0 Å². The van der Waals surface area contributed by atoms with Crippen LogP contribution in [-0.2, 0) is 9.59 Å². The number of amides is 2. The molecular weight excluding hydrogens is 308 g/mol. The summed E-state index contributed by atoms with van der Waals surface area (Å²) in [6, 6.07) is 5.09. The Kier molecular flexibility index (Phi) is 4.76. The van der Waals surface area contributed by atoms with Gasteiger partial charge in [-0.2, -0.15) is 0 Å². The van der Waals surface area contributed by atoms with Gasteiger partial charge in [-0.1, -0.05) is 6.42 Å². The molecule has 0 bridgehead atoms. The third kappa shape index (κ3) is 2.98. The highest BCUT2D eigenvalue weighted by Gasteiger charge is 2.44. The van der Waals surface area contributed by atoms with Crippen molar-refractivity contribution in [2.45, 2.75) is 44.7 Å². The molecule has 1 aromatic rings. The second kappa shape index (κ2) is 6.81. The largest absolute Gasteiger partial charge is 0.497 e. The lowest BCUT2D eigenvalue weighted by atomic mass is 10.0. The van der Waals surface area contributed by atoms with E-state index in [-0.39, 0.29) is 24.3 Å². The SMILES string of the molecule is COc1cc(OC)cc(N2C(=O)C[C@H](N3CCCC[C@H]3C)C2=O)c1. The predicted molar refractivity (Wildman–Crippen MR) is 90.5 cm³/mol. The average Bonchev–Trinajstić information content (AvgIpc) is 2.89. The zero-order valence-corrected chi connectivity index (χ0v) is 14.4. The summed E-state index contributed by atoms with van der Waals surface area (Å²) in [6.07, 6.45) is 3.58. The molecule has 2 heterocycles. The van der Waals surface area contributed by atoms with E-state index in [2.05, 4.69) is 11.8 Å². The number of nitrogens with zero attached hydrogens (tertiary/aromatic N) is 2. The molecule has 6 nitrogen and oxygen atoms in total. The van der Waals surface area contributed by atoms with E-state index in [0.29, 0.717) is 23.2 Å². The Morgan fingerprint density at radius 1 is 1.04 bits per heavy atom. The van der Waals surface area contributed by atoms with Crippen LogP contribution in [-0.4, -0.2) is 49.6 Å². The fourth-order valence-corrected chi connectivity index (χ4v) is 3.65. The number of hydrogen-bond donors (Lipinski definition) is 0. The Balaban J connectivity index is 1.89. The summed E-state index contributed by atoms with van der Waals surface area (Å²) in [4.78, 5) is 28.9. The molecule has 2 aliphatic heterocycles. The van der Waals surface area contributed by atoms with Crippen molar-refractivity contribution < 1.29 is 19.1 Å². The first-order chi connectivity index (χ1) is 11.5. The summed E-state index contributed by atoms with van der Waals surface area (Å²) in [5.41, 5.74) is 0.508. The van der Waals surface area contributed by atoms with E-state index in [9.17, 15) is 9.59 Å². The number of likely N-dealkylation sites (tertiary alicyclic amines) is 1. The zero-order chi connectivity index (χ0) is 17.3. The maximum absolute atomic E-state index is 12.9. The van der Waals surface area contributed by atoms with Crippen LogP contribution in [0.1, 0.15) is 32.6 Å². The molecule has 0 saturated carbocycles. The first-order valence-electron chi connectivity index (χ1n) is 8.40. The molecular formula is C18H24N2O4. The Morgan fingerprint density at radius 2 is 1.71 bits per heavy atom. The van der Waals surface area contributed by atoms with Crippen LogP contribution in [0.5, 0.6) is 11.5 Å². The van der Waals surface area contributed by atoms with Crippen LogP contribution in [0.25, 0.3) is 0 Å². The van der Waals surface area contributed by atoms with Gasteiger partial charge < -0.3 is 9.47 Å². The van der Waals surface area contributed by atoms with E-state index in [4.69, 9.17) is 9.47 Å². The predicted octanol–water partition coefficient (Wildman–Crippen LogP) is 2.21. The Labute approximate surface area is 142 Å². The van der Waals surface area contributed by atoms with Crippen molar-refractivity contribution in [1.29, 1.82) is 0 Å². The van der Waals surface area contributed by atoms with Crippen molar-refractivity contribution in [3.63, 3.8) is 0 Å². The lowest BCUT2D eigenvalue weighted by Crippen LogP contribution is -2.48. The maximum atomic E-state index is 12.9. The van der Waals surface area contributed by atoms with Gasteiger partial charge in [0.25, 0.3) is 5.91 Å². The number of anilines is 1. The Bertz CT molecular complexity index is 624. The Morgan fingerprint density at radius 3 is 2.29 bits per heavy atom. The summed E-state index contributed by atoms with van der Waals surface area (Å²) in [7, 11) is 3.09. The number of rotatable bonds is 4. The standard InChI is InChI=1S/C18H24N2O4/c1-12-6-4-5-7-19(12)16-11-17(21)20(18(16)22)13-8-14(23-2)10-15(9-13)24-3/h8-10,12,16H,4-7,11H2,1-3H3/t12-,16+/m1/s1. The third-order valence-electron chi connectivity index (χ3n) is 4.97. The minimum absolute atomic E-state index is 0.149. The van der Waals surface area contributed by atoms with Gasteiger partial charge >= 0.3 is 0 Å². The number of benzene rings is 1. The van der Waals surface area contributed by atoms with Crippen LogP contribution in [0.3, 0.4) is 0 Å². The highest BCUT2D eigenvalue weighted by molar-refractivity contribution is 6.22. The average molecular weight is 332 g/mol. The molecule has 6 heteroatoms. The van der Waals surface area contributed by atoms with E-state index in [1.807, 2.05) is 0 Å². The number of carbonyl (C=O) groups excluding carboxylic acids is 2. The van der Waals surface area contributed by atoms with Gasteiger partial charge in [-0.25, -0.2) is 4.90 Å². The number of methoxy groups -OCH3 is 2. The van der Waals surface area contributed by atoms with Crippen molar-refractivity contribution in [3.8, 4) is 11.5 Å². The van der Waals surface area contributed by atoms with Crippen LogP contribution in [0, 0.1) is 0 Å². The molecule has 0 aliphatic carbocycles. The first-order valence-corrected chi connectivity index (χ1v) is 8.40. The third-order valence-corrected chi connectivity index (χ3v) is 4.97. The van der Waals surface area contributed by atoms with Gasteiger partial charge in [-0.3, -0.25) is 14.5 Å². The molecule has 1 aromatic carbocycles. The summed E-state index contributed by atoms with van der Waals surface area (Å²) in [5, 5.41) is 0. The van der Waals surface area contributed by atoms with Gasteiger partial charge in [0, 0.05) is 24.2 Å². The minimum atomic E-state index is -0.356. The summed E-state index contributed by atoms with van der Waals surface area (Å²) in [5.74, 6) is 0.793. The lowest BCUT2D eigenvalue weighted by Gasteiger charge is -2.36. The second-order valence-corrected chi connectivity index (χ2v) is 6.44. The van der Waals surface area contributed by atoms with E-state index in [1.54, 1.807) is 32.4 Å². The highest BCUT2D eigenvalue weighted by Crippen LogP contribution is 2.34. The van der Waals surface area contributed by atoms with E-state index < -0.39 is 0 Å². The lowest BCUT2D eigenvalue weighted by molar-refractivity contribution is -0.123. The first kappa shape index (κ1) is 16.8. The van der Waals surface area contributed by atoms with Gasteiger partial charge in [0.1, 0.15) is 11.5 Å². The number of carbonyl (C=O) groups is 2. The van der Waals surface area contributed by atoms with Crippen molar-refractivity contribution >= 4 is 17.5 Å². The maximum Gasteiger partial charge on any atom is 0.251 e. The molecule has 0 aromatic heterocycles. The van der Waals surface area contributed by atoms with Gasteiger partial charge in [0.05, 0.1) is 32.4 Å². The Hall–Kier alpha value is -2.08. The fraction of sp³-hybridized carbons (Fsp3) is 0.556. The quantitative estimate of drug-likeness (QED) is 0.791. The van der Waals surface area contributed by atoms with E-state index >= 15 is 0 Å². The second-order valence-electron chi connectivity index (χ2n) is 6.44. The molecule has 2 saturated heterocycles. The van der Waals surface area contributed by atoms with Crippen LogP contribution in [0.15, 0.2) is 18.2 Å². The van der Waals surface area contributed by atoms with Crippen molar-refractivity contribution in [3.05, 3.63) is 18.2 Å². The molecule has 130 valence electrons. The van der Waals surface area contributed by atoms with Crippen molar-refractivity contribution in [1.82, 2.24) is 4.90 Å². The topological polar surface area (TPSA) is 59.1 Å². The fourth-order valence-electron chi connectivity index (χ4n) is 3.65. The molecule has 0 N–H and O–H groups in total. The van der Waals surface area contributed by atoms with Crippen LogP contribution in [0.4, 0.5) is 5.69 Å². The molecule has 0 radical (unpaired) electrons. The zero-order valence-electron chi connectivity index (χ0n) is 14.4. The highest BCUT2D eigenvalue weighted by atomic mass is 16.5. The van der Waals surface area contributed by atoms with Gasteiger partial charge in [-0.05, 0) is 26.3 Å². The summed E-state index contributed by atoms with van der Waals surface area (Å²) >= 11 is 0. The van der Waals surface area contributed by atoms with Gasteiger partial charge in [0.2, 0.25) is 5.91 Å². The van der Waals surface area contributed by atoms with E-state index in [0.717, 1.165) is 19.4 Å². The van der Waals surface area contributed by atoms with Crippen LogP contribution >= 0.6 is 0 Å². The van der Waals surface area contributed by atoms with Crippen molar-refractivity contribution in [2.75, 3.05) is 25.7 Å². The molecule has 2 amide bonds. The minimum Gasteiger partial charge on any atom is -0.497 e. The normalized spacial score (nSPS) is 25.2. The number of hydrogen-bond acceptors (Lipinski definition) is 5. The molecule has 3 rings (SSSR count). The summed E-state index contributed by atoms with van der Waals surface area (Å²) < 4.78 is 10.5. The number of imide groups is 1. The van der Waals surface area contributed by atoms with Gasteiger partial charge in [0.15, 0.2) is 0 Å². The monoisotopic (exact) mass is 332 g/mol. The molecule has 0 unspecified atom stereocenters. The van der Waals surface area contributed by atoms with Crippen LogP contribution in [0.2, 0.25) is 0 Å². The smallest absolute Gasteiger partial charge is 0.251 e. The number of ether oxygens (including phenoxy) is 2. The summed E-state index contributed by atoms with van der Waals surface area (Å²) in [6.45, 7) is 3.01.